The van der Waals surface area contributed by atoms with E-state index in [1.807, 2.05) is 13.0 Å². The van der Waals surface area contributed by atoms with Gasteiger partial charge in [-0.05, 0) is 59.5 Å². The Balaban J connectivity index is 2.55. The molecule has 0 heterocycles. The van der Waals surface area contributed by atoms with Gasteiger partial charge in [-0.3, -0.25) is 20.2 Å². The van der Waals surface area contributed by atoms with Crippen molar-refractivity contribution in [1.29, 1.82) is 0 Å². The summed E-state index contributed by atoms with van der Waals surface area (Å²) in [7, 11) is 0. The molecule has 0 saturated carbocycles. The fraction of sp³-hybridized carbons (Fsp3) is 0.429. The minimum absolute atomic E-state index is 0.111. The maximum atomic E-state index is 10.9. The van der Waals surface area contributed by atoms with Gasteiger partial charge in [-0.15, -0.1) is 0 Å². The molecule has 1 rings (SSSR count). The van der Waals surface area contributed by atoms with Crippen LogP contribution in [0.1, 0.15) is 53.4 Å². The summed E-state index contributed by atoms with van der Waals surface area (Å²) in [6.45, 7) is 8.53. The van der Waals surface area contributed by atoms with Crippen molar-refractivity contribution < 1.29 is 14.6 Å². The lowest BCUT2D eigenvalue weighted by molar-refractivity contribution is -0.394. The highest BCUT2D eigenvalue weighted by molar-refractivity contribution is 5.49. The number of rotatable bonds is 11. The summed E-state index contributed by atoms with van der Waals surface area (Å²) in [4.78, 5) is 20.4. The van der Waals surface area contributed by atoms with Gasteiger partial charge < -0.3 is 4.74 Å². The zero-order valence-corrected chi connectivity index (χ0v) is 16.9. The maximum Gasteiger partial charge on any atom is 0.280 e. The number of nitrogens with zero attached hydrogens (tertiary/aromatic N) is 2. The number of ether oxygens (including phenoxy) is 1. The molecule has 0 aliphatic heterocycles. The predicted molar refractivity (Wildman–Crippen MR) is 111 cm³/mol. The van der Waals surface area contributed by atoms with Crippen LogP contribution in [0.4, 0.5) is 11.4 Å². The Bertz CT molecular complexity index is 758. The summed E-state index contributed by atoms with van der Waals surface area (Å²) in [5.41, 5.74) is 3.11. The van der Waals surface area contributed by atoms with E-state index in [4.69, 9.17) is 4.74 Å². The minimum Gasteiger partial charge on any atom is -0.489 e. The minimum atomic E-state index is -0.673. The summed E-state index contributed by atoms with van der Waals surface area (Å²) < 4.78 is 5.45. The Morgan fingerprint density at radius 3 is 1.86 bits per heavy atom. The Morgan fingerprint density at radius 1 is 0.857 bits per heavy atom. The van der Waals surface area contributed by atoms with Crippen LogP contribution in [-0.2, 0) is 0 Å². The van der Waals surface area contributed by atoms with Gasteiger partial charge in [0.1, 0.15) is 12.4 Å². The third-order valence-corrected chi connectivity index (χ3v) is 4.10. The highest BCUT2D eigenvalue weighted by atomic mass is 16.6. The second kappa shape index (κ2) is 11.7. The normalized spacial score (nSPS) is 11.9. The van der Waals surface area contributed by atoms with Crippen LogP contribution in [0.3, 0.4) is 0 Å². The predicted octanol–water partition coefficient (Wildman–Crippen LogP) is 6.30. The van der Waals surface area contributed by atoms with Crippen molar-refractivity contribution in [2.45, 2.75) is 53.4 Å². The second-order valence-corrected chi connectivity index (χ2v) is 6.97. The number of hydrogen-bond acceptors (Lipinski definition) is 5. The van der Waals surface area contributed by atoms with Gasteiger partial charge in [-0.2, -0.15) is 0 Å². The number of hydrogen-bond donors (Lipinski definition) is 0. The fourth-order valence-electron chi connectivity index (χ4n) is 2.48. The molecular weight excluding hydrogens is 360 g/mol. The topological polar surface area (TPSA) is 95.5 Å². The molecule has 7 heteroatoms. The molecular formula is C21H28N2O5. The zero-order chi connectivity index (χ0) is 21.1. The molecule has 0 spiro atoms. The summed E-state index contributed by atoms with van der Waals surface area (Å²) in [6.07, 6.45) is 10.3. The van der Waals surface area contributed by atoms with Gasteiger partial charge in [-0.1, -0.05) is 28.9 Å². The van der Waals surface area contributed by atoms with Gasteiger partial charge in [0.2, 0.25) is 0 Å². The molecule has 1 aromatic rings. The van der Waals surface area contributed by atoms with E-state index in [0.717, 1.165) is 37.3 Å². The van der Waals surface area contributed by atoms with Gasteiger partial charge in [0, 0.05) is 0 Å². The van der Waals surface area contributed by atoms with Crippen molar-refractivity contribution >= 4 is 11.4 Å². The molecule has 28 heavy (non-hydrogen) atoms. The Labute approximate surface area is 165 Å². The summed E-state index contributed by atoms with van der Waals surface area (Å²) >= 11 is 0. The summed E-state index contributed by atoms with van der Waals surface area (Å²) in [5, 5.41) is 21.8. The maximum absolute atomic E-state index is 10.9. The highest BCUT2D eigenvalue weighted by Gasteiger charge is 2.16. The fourth-order valence-corrected chi connectivity index (χ4v) is 2.48. The molecule has 7 nitrogen and oxygen atoms in total. The van der Waals surface area contributed by atoms with Crippen molar-refractivity contribution in [2.24, 2.45) is 0 Å². The molecule has 1 aromatic carbocycles. The van der Waals surface area contributed by atoms with Crippen LogP contribution in [0.15, 0.2) is 53.1 Å². The van der Waals surface area contributed by atoms with Crippen molar-refractivity contribution in [3.8, 4) is 5.75 Å². The summed E-state index contributed by atoms with van der Waals surface area (Å²) in [5.74, 6) is 0.111. The van der Waals surface area contributed by atoms with Gasteiger partial charge >= 0.3 is 0 Å². The van der Waals surface area contributed by atoms with E-state index in [1.54, 1.807) is 0 Å². The van der Waals surface area contributed by atoms with E-state index in [0.29, 0.717) is 0 Å². The van der Waals surface area contributed by atoms with Crippen LogP contribution in [0, 0.1) is 20.2 Å². The van der Waals surface area contributed by atoms with Crippen molar-refractivity contribution in [1.82, 2.24) is 0 Å². The second-order valence-electron chi connectivity index (χ2n) is 6.97. The van der Waals surface area contributed by atoms with Gasteiger partial charge in [0.25, 0.3) is 11.4 Å². The van der Waals surface area contributed by atoms with Crippen molar-refractivity contribution in [2.75, 3.05) is 6.61 Å². The van der Waals surface area contributed by atoms with Crippen molar-refractivity contribution in [3.63, 3.8) is 0 Å². The number of nitro benzene ring substituents is 2. The lowest BCUT2D eigenvalue weighted by Gasteiger charge is -2.05. The SMILES string of the molecule is CC(C)=CCC/C(C)=C/CC/C(C)=C/COc1cc([N+](=O)[O-])cc([N+](=O)[O-])c1. The molecule has 0 saturated heterocycles. The molecule has 0 amide bonds. The molecule has 152 valence electrons. The average Bonchev–Trinajstić information content (AvgIpc) is 2.61. The van der Waals surface area contributed by atoms with E-state index < -0.39 is 9.85 Å². The monoisotopic (exact) mass is 388 g/mol. The highest BCUT2D eigenvalue weighted by Crippen LogP contribution is 2.27. The largest absolute Gasteiger partial charge is 0.489 e. The first-order valence-corrected chi connectivity index (χ1v) is 9.20. The molecule has 0 aliphatic rings. The van der Waals surface area contributed by atoms with Crippen LogP contribution >= 0.6 is 0 Å². The van der Waals surface area contributed by atoms with Gasteiger partial charge in [0.15, 0.2) is 0 Å². The van der Waals surface area contributed by atoms with Crippen LogP contribution < -0.4 is 4.74 Å². The molecule has 0 atom stereocenters. The standard InChI is InChI=1S/C21H28N2O5/c1-16(2)7-5-8-17(3)9-6-10-18(4)11-12-28-21-14-19(22(24)25)13-20(15-21)23(26)27/h7,9,11,13-15H,5-6,8,10,12H2,1-4H3/b17-9+,18-11+. The van der Waals surface area contributed by atoms with Crippen LogP contribution in [0.5, 0.6) is 5.75 Å². The lowest BCUT2D eigenvalue weighted by atomic mass is 10.1. The number of benzene rings is 1. The van der Waals surface area contributed by atoms with Gasteiger partial charge in [-0.25, -0.2) is 0 Å². The Kier molecular flexibility index (Phi) is 9.64. The van der Waals surface area contributed by atoms with E-state index in [1.165, 1.54) is 23.3 Å². The summed E-state index contributed by atoms with van der Waals surface area (Å²) in [6, 6.07) is 3.30. The molecule has 0 aromatic heterocycles. The molecule has 0 aliphatic carbocycles. The van der Waals surface area contributed by atoms with E-state index >= 15 is 0 Å². The third-order valence-electron chi connectivity index (χ3n) is 4.10. The van der Waals surface area contributed by atoms with Crippen LogP contribution in [-0.4, -0.2) is 16.5 Å². The lowest BCUT2D eigenvalue weighted by Crippen LogP contribution is -1.98. The average molecular weight is 388 g/mol. The van der Waals surface area contributed by atoms with Crippen LogP contribution in [0.2, 0.25) is 0 Å². The Morgan fingerprint density at radius 2 is 1.36 bits per heavy atom. The zero-order valence-electron chi connectivity index (χ0n) is 16.9. The molecule has 0 radical (unpaired) electrons. The molecule has 0 N–H and O–H groups in total. The molecule has 0 fully saturated rings. The third kappa shape index (κ3) is 9.12. The number of allylic oxidation sites excluding steroid dienone is 5. The number of nitro groups is 2. The van der Waals surface area contributed by atoms with Crippen molar-refractivity contribution in [3.05, 3.63) is 73.4 Å². The van der Waals surface area contributed by atoms with Crippen LogP contribution in [0.25, 0.3) is 0 Å². The van der Waals surface area contributed by atoms with Gasteiger partial charge in [0.05, 0.1) is 28.0 Å². The van der Waals surface area contributed by atoms with E-state index in [9.17, 15) is 20.2 Å². The number of non-ortho nitro benzene ring substituents is 2. The first-order chi connectivity index (χ1) is 13.2. The smallest absolute Gasteiger partial charge is 0.280 e. The molecule has 0 unspecified atom stereocenters. The first kappa shape index (κ1) is 23.1. The molecule has 0 bridgehead atoms. The van der Waals surface area contributed by atoms with E-state index in [2.05, 4.69) is 32.9 Å². The first-order valence-electron chi connectivity index (χ1n) is 9.20. The quantitative estimate of drug-likeness (QED) is 0.252. The Hall–Kier alpha value is -2.96. The van der Waals surface area contributed by atoms with E-state index in [-0.39, 0.29) is 23.7 Å².